The van der Waals surface area contributed by atoms with Gasteiger partial charge in [-0.2, -0.15) is 0 Å². The minimum Gasteiger partial charge on any atom is -0.477 e. The molecule has 0 amide bonds. The Morgan fingerprint density at radius 2 is 2.00 bits per heavy atom. The number of aryl methyl sites for hydroxylation is 2. The molecule has 0 aliphatic carbocycles. The molecule has 0 saturated carbocycles. The SMILES string of the molecule is Cc1c(-c2ccc3c(c2)CNC3)c(F)cc2c(=O)c(C(=O)O)cn(CCF)c12. The number of carboxylic acid groups (broad SMARTS) is 1. The van der Waals surface area contributed by atoms with Crippen LogP contribution in [-0.2, 0) is 19.6 Å². The van der Waals surface area contributed by atoms with Crippen LogP contribution in [-0.4, -0.2) is 22.3 Å². The van der Waals surface area contributed by atoms with Gasteiger partial charge in [-0.1, -0.05) is 12.1 Å². The van der Waals surface area contributed by atoms with Crippen LogP contribution in [0, 0.1) is 12.7 Å². The van der Waals surface area contributed by atoms with Gasteiger partial charge in [0.05, 0.1) is 12.1 Å². The van der Waals surface area contributed by atoms with E-state index in [0.29, 0.717) is 28.8 Å². The summed E-state index contributed by atoms with van der Waals surface area (Å²) in [5.41, 5.74) is 2.78. The number of nitrogens with zero attached hydrogens (tertiary/aromatic N) is 1. The molecule has 4 rings (SSSR count). The smallest absolute Gasteiger partial charge is 0.341 e. The number of aromatic nitrogens is 1. The third kappa shape index (κ3) is 2.79. The van der Waals surface area contributed by atoms with Crippen LogP contribution in [0.4, 0.5) is 8.78 Å². The van der Waals surface area contributed by atoms with Crippen molar-refractivity contribution in [2.75, 3.05) is 6.67 Å². The minimum atomic E-state index is -1.42. The summed E-state index contributed by atoms with van der Waals surface area (Å²) in [5, 5.41) is 12.5. The molecule has 0 unspecified atom stereocenters. The van der Waals surface area contributed by atoms with Crippen LogP contribution in [0.3, 0.4) is 0 Å². The van der Waals surface area contributed by atoms with E-state index in [9.17, 15) is 19.1 Å². The van der Waals surface area contributed by atoms with Crippen LogP contribution < -0.4 is 10.7 Å². The van der Waals surface area contributed by atoms with E-state index in [1.165, 1.54) is 4.57 Å². The molecule has 0 spiro atoms. The van der Waals surface area contributed by atoms with E-state index in [2.05, 4.69) is 5.32 Å². The summed E-state index contributed by atoms with van der Waals surface area (Å²) in [6.07, 6.45) is 1.13. The van der Waals surface area contributed by atoms with Crippen molar-refractivity contribution >= 4 is 16.9 Å². The summed E-state index contributed by atoms with van der Waals surface area (Å²) in [4.78, 5) is 24.0. The fourth-order valence-corrected chi connectivity index (χ4v) is 3.96. The highest BCUT2D eigenvalue weighted by Gasteiger charge is 2.21. The first-order valence-electron chi connectivity index (χ1n) is 8.90. The fourth-order valence-electron chi connectivity index (χ4n) is 3.96. The third-order valence-electron chi connectivity index (χ3n) is 5.24. The zero-order valence-electron chi connectivity index (χ0n) is 15.2. The van der Waals surface area contributed by atoms with Gasteiger partial charge in [0, 0.05) is 30.2 Å². The van der Waals surface area contributed by atoms with E-state index in [1.54, 1.807) is 6.92 Å². The molecule has 0 atom stereocenters. The van der Waals surface area contributed by atoms with Gasteiger partial charge in [-0.3, -0.25) is 4.79 Å². The summed E-state index contributed by atoms with van der Waals surface area (Å²) in [6.45, 7) is 2.26. The predicted molar refractivity (Wildman–Crippen MR) is 102 cm³/mol. The summed E-state index contributed by atoms with van der Waals surface area (Å²) in [7, 11) is 0. The molecule has 1 aliphatic heterocycles. The standard InChI is InChI=1S/C21H18F2N2O3/c1-11-18(12-2-3-13-8-24-9-14(13)6-12)17(23)7-15-19(11)25(5-4-22)10-16(20(15)26)21(27)28/h2-3,6-7,10,24H,4-5,8-9H2,1H3,(H,27,28). The van der Waals surface area contributed by atoms with Crippen molar-refractivity contribution in [3.63, 3.8) is 0 Å². The number of hydrogen-bond acceptors (Lipinski definition) is 3. The van der Waals surface area contributed by atoms with Gasteiger partial charge in [-0.05, 0) is 41.3 Å². The Morgan fingerprint density at radius 1 is 1.25 bits per heavy atom. The zero-order valence-corrected chi connectivity index (χ0v) is 15.2. The highest BCUT2D eigenvalue weighted by atomic mass is 19.1. The van der Waals surface area contributed by atoms with Gasteiger partial charge in [0.25, 0.3) is 0 Å². The molecule has 7 heteroatoms. The fraction of sp³-hybridized carbons (Fsp3) is 0.238. The molecule has 1 aromatic heterocycles. The van der Waals surface area contributed by atoms with E-state index in [1.807, 2.05) is 18.2 Å². The molecule has 3 aromatic rings. The first-order valence-corrected chi connectivity index (χ1v) is 8.90. The number of alkyl halides is 1. The lowest BCUT2D eigenvalue weighted by molar-refractivity contribution is 0.0694. The number of fused-ring (bicyclic) bond motifs is 2. The number of carboxylic acids is 1. The van der Waals surface area contributed by atoms with Crippen LogP contribution in [0.1, 0.15) is 27.0 Å². The van der Waals surface area contributed by atoms with E-state index >= 15 is 4.39 Å². The van der Waals surface area contributed by atoms with E-state index in [0.717, 1.165) is 29.9 Å². The molecule has 0 fully saturated rings. The van der Waals surface area contributed by atoms with Crippen molar-refractivity contribution < 1.29 is 18.7 Å². The second-order valence-corrected chi connectivity index (χ2v) is 6.90. The van der Waals surface area contributed by atoms with Crippen molar-refractivity contribution in [1.82, 2.24) is 9.88 Å². The van der Waals surface area contributed by atoms with Gasteiger partial charge in [-0.25, -0.2) is 13.6 Å². The van der Waals surface area contributed by atoms with Gasteiger partial charge in [-0.15, -0.1) is 0 Å². The Kier molecular flexibility index (Phi) is 4.47. The Bertz CT molecular complexity index is 1180. The summed E-state index contributed by atoms with van der Waals surface area (Å²) in [5.74, 6) is -2.03. The number of hydrogen-bond donors (Lipinski definition) is 2. The molecule has 2 heterocycles. The summed E-state index contributed by atoms with van der Waals surface area (Å²) in [6, 6.07) is 6.74. The number of pyridine rings is 1. The Hall–Kier alpha value is -3.06. The Labute approximate surface area is 159 Å². The van der Waals surface area contributed by atoms with E-state index < -0.39 is 29.5 Å². The van der Waals surface area contributed by atoms with Crippen molar-refractivity contribution in [2.45, 2.75) is 26.6 Å². The van der Waals surface area contributed by atoms with Crippen LogP contribution in [0.25, 0.3) is 22.0 Å². The highest BCUT2D eigenvalue weighted by molar-refractivity contribution is 5.95. The van der Waals surface area contributed by atoms with Crippen LogP contribution in [0.15, 0.2) is 35.3 Å². The van der Waals surface area contributed by atoms with Crippen molar-refractivity contribution in [3.05, 3.63) is 68.8 Å². The average Bonchev–Trinajstić information content (AvgIpc) is 3.11. The molecular formula is C21H18F2N2O3. The Balaban J connectivity index is 2.05. The largest absolute Gasteiger partial charge is 0.477 e. The minimum absolute atomic E-state index is 0.0603. The van der Waals surface area contributed by atoms with Gasteiger partial charge < -0.3 is 15.0 Å². The second-order valence-electron chi connectivity index (χ2n) is 6.90. The lowest BCUT2D eigenvalue weighted by Gasteiger charge is -2.17. The quantitative estimate of drug-likeness (QED) is 0.723. The maximum atomic E-state index is 15.1. The second kappa shape index (κ2) is 6.83. The number of halogens is 2. The number of aromatic carboxylic acids is 1. The van der Waals surface area contributed by atoms with Crippen LogP contribution in [0.2, 0.25) is 0 Å². The molecule has 2 aromatic carbocycles. The highest BCUT2D eigenvalue weighted by Crippen LogP contribution is 2.33. The maximum Gasteiger partial charge on any atom is 0.341 e. The van der Waals surface area contributed by atoms with E-state index in [-0.39, 0.29) is 11.9 Å². The zero-order chi connectivity index (χ0) is 20.0. The monoisotopic (exact) mass is 384 g/mol. The molecule has 144 valence electrons. The first kappa shape index (κ1) is 18.3. The molecule has 5 nitrogen and oxygen atoms in total. The van der Waals surface area contributed by atoms with Crippen molar-refractivity contribution in [1.29, 1.82) is 0 Å². The molecule has 1 aliphatic rings. The van der Waals surface area contributed by atoms with E-state index in [4.69, 9.17) is 0 Å². The summed E-state index contributed by atoms with van der Waals surface area (Å²) >= 11 is 0. The number of nitrogens with one attached hydrogen (secondary N) is 1. The van der Waals surface area contributed by atoms with Crippen molar-refractivity contribution in [3.8, 4) is 11.1 Å². The number of rotatable bonds is 4. The predicted octanol–water partition coefficient (Wildman–Crippen LogP) is 3.39. The van der Waals surface area contributed by atoms with Gasteiger partial charge in [0.1, 0.15) is 18.1 Å². The molecular weight excluding hydrogens is 366 g/mol. The van der Waals surface area contributed by atoms with Crippen LogP contribution in [0.5, 0.6) is 0 Å². The molecule has 0 bridgehead atoms. The van der Waals surface area contributed by atoms with Gasteiger partial charge in [0.2, 0.25) is 5.43 Å². The van der Waals surface area contributed by atoms with Crippen LogP contribution >= 0.6 is 0 Å². The van der Waals surface area contributed by atoms with Crippen molar-refractivity contribution in [2.24, 2.45) is 0 Å². The Morgan fingerprint density at radius 3 is 2.71 bits per heavy atom. The third-order valence-corrected chi connectivity index (χ3v) is 5.24. The topological polar surface area (TPSA) is 71.3 Å². The molecule has 28 heavy (non-hydrogen) atoms. The number of benzene rings is 2. The lowest BCUT2D eigenvalue weighted by atomic mass is 9.94. The number of carbonyl (C=O) groups is 1. The summed E-state index contributed by atoms with van der Waals surface area (Å²) < 4.78 is 29.5. The first-order chi connectivity index (χ1) is 13.4. The van der Waals surface area contributed by atoms with Gasteiger partial charge >= 0.3 is 5.97 Å². The molecule has 2 N–H and O–H groups in total. The average molecular weight is 384 g/mol. The normalized spacial score (nSPS) is 13.1. The maximum absolute atomic E-state index is 15.1. The molecule has 0 saturated heterocycles. The molecule has 0 radical (unpaired) electrons. The van der Waals surface area contributed by atoms with Gasteiger partial charge in [0.15, 0.2) is 0 Å². The lowest BCUT2D eigenvalue weighted by Crippen LogP contribution is -2.20.